The average molecular weight is 357 g/mol. The van der Waals surface area contributed by atoms with Crippen LogP contribution in [-0.2, 0) is 4.79 Å². The highest BCUT2D eigenvalue weighted by molar-refractivity contribution is 5.92. The second-order valence-electron chi connectivity index (χ2n) is 6.54. The van der Waals surface area contributed by atoms with Gasteiger partial charge < -0.3 is 14.7 Å². The van der Waals surface area contributed by atoms with Gasteiger partial charge in [-0.15, -0.1) is 0 Å². The van der Waals surface area contributed by atoms with Crippen molar-refractivity contribution in [3.05, 3.63) is 42.2 Å². The van der Waals surface area contributed by atoms with Crippen LogP contribution in [0.5, 0.6) is 5.75 Å². The van der Waals surface area contributed by atoms with Gasteiger partial charge in [-0.3, -0.25) is 9.59 Å². The van der Waals surface area contributed by atoms with Crippen molar-refractivity contribution in [3.63, 3.8) is 0 Å². The van der Waals surface area contributed by atoms with Crippen LogP contribution in [0.15, 0.2) is 36.5 Å². The lowest BCUT2D eigenvalue weighted by molar-refractivity contribution is -0.137. The molecule has 0 aliphatic carbocycles. The van der Waals surface area contributed by atoms with Crippen molar-refractivity contribution in [2.75, 3.05) is 20.2 Å². The number of benzene rings is 1. The van der Waals surface area contributed by atoms with E-state index in [4.69, 9.17) is 9.84 Å². The number of amides is 1. The fourth-order valence-electron chi connectivity index (χ4n) is 3.29. The first-order valence-corrected chi connectivity index (χ1v) is 8.78. The number of aliphatic carboxylic acids is 1. The number of carbonyl (C=O) groups is 2. The van der Waals surface area contributed by atoms with E-state index in [-0.39, 0.29) is 18.2 Å². The van der Waals surface area contributed by atoms with Crippen LogP contribution in [0.1, 0.15) is 36.2 Å². The van der Waals surface area contributed by atoms with Crippen molar-refractivity contribution in [2.45, 2.75) is 25.7 Å². The molecule has 0 spiro atoms. The van der Waals surface area contributed by atoms with Crippen LogP contribution in [0.4, 0.5) is 0 Å². The molecule has 1 aromatic heterocycles. The number of carboxylic acid groups (broad SMARTS) is 1. The van der Waals surface area contributed by atoms with Crippen molar-refractivity contribution in [3.8, 4) is 11.4 Å². The molecule has 0 unspecified atom stereocenters. The van der Waals surface area contributed by atoms with E-state index in [9.17, 15) is 9.59 Å². The van der Waals surface area contributed by atoms with Crippen molar-refractivity contribution in [1.29, 1.82) is 0 Å². The molecule has 1 atom stereocenters. The number of carbonyl (C=O) groups excluding carboxylic acids is 1. The Morgan fingerprint density at radius 2 is 2.04 bits per heavy atom. The van der Waals surface area contributed by atoms with Gasteiger partial charge in [-0.2, -0.15) is 5.10 Å². The Morgan fingerprint density at radius 3 is 2.73 bits per heavy atom. The molecule has 1 aliphatic heterocycles. The molecule has 0 bridgehead atoms. The normalized spacial score (nSPS) is 17.1. The Balaban J connectivity index is 1.66. The fraction of sp³-hybridized carbons (Fsp3) is 0.421. The number of methoxy groups -OCH3 is 1. The van der Waals surface area contributed by atoms with E-state index < -0.39 is 5.97 Å². The van der Waals surface area contributed by atoms with Crippen molar-refractivity contribution >= 4 is 11.9 Å². The van der Waals surface area contributed by atoms with Gasteiger partial charge in [-0.25, -0.2) is 4.68 Å². The maximum absolute atomic E-state index is 12.7. The smallest absolute Gasteiger partial charge is 0.303 e. The van der Waals surface area contributed by atoms with Crippen LogP contribution in [-0.4, -0.2) is 51.9 Å². The van der Waals surface area contributed by atoms with Crippen LogP contribution in [0.25, 0.3) is 5.69 Å². The predicted molar refractivity (Wildman–Crippen MR) is 95.6 cm³/mol. The number of hydrogen-bond acceptors (Lipinski definition) is 4. The highest BCUT2D eigenvalue weighted by atomic mass is 16.5. The summed E-state index contributed by atoms with van der Waals surface area (Å²) in [6.45, 7) is 1.29. The second-order valence-corrected chi connectivity index (χ2v) is 6.54. The number of ether oxygens (including phenoxy) is 1. The van der Waals surface area contributed by atoms with E-state index in [1.807, 2.05) is 24.3 Å². The molecule has 0 radical (unpaired) electrons. The first-order chi connectivity index (χ1) is 12.6. The third-order valence-electron chi connectivity index (χ3n) is 4.72. The Kier molecular flexibility index (Phi) is 5.55. The zero-order valence-electron chi connectivity index (χ0n) is 14.8. The van der Waals surface area contributed by atoms with Gasteiger partial charge >= 0.3 is 5.97 Å². The molecule has 1 fully saturated rings. The topological polar surface area (TPSA) is 84.7 Å². The predicted octanol–water partition coefficient (Wildman–Crippen LogP) is 2.60. The SMILES string of the molecule is COc1ccc(-n2ccc(C(=O)N3CCC[C@@H](CCC(=O)O)C3)n2)cc1. The summed E-state index contributed by atoms with van der Waals surface area (Å²) < 4.78 is 6.81. The van der Waals surface area contributed by atoms with Crippen molar-refractivity contribution in [2.24, 2.45) is 5.92 Å². The number of rotatable bonds is 6. The molecule has 138 valence electrons. The highest BCUT2D eigenvalue weighted by Gasteiger charge is 2.26. The number of nitrogens with zero attached hydrogens (tertiary/aromatic N) is 3. The highest BCUT2D eigenvalue weighted by Crippen LogP contribution is 2.22. The summed E-state index contributed by atoms with van der Waals surface area (Å²) in [5, 5.41) is 13.2. The Morgan fingerprint density at radius 1 is 1.27 bits per heavy atom. The molecule has 1 saturated heterocycles. The first kappa shape index (κ1) is 18.0. The molecule has 1 N–H and O–H groups in total. The van der Waals surface area contributed by atoms with Gasteiger partial charge in [0.1, 0.15) is 5.75 Å². The summed E-state index contributed by atoms with van der Waals surface area (Å²) in [5.41, 5.74) is 1.25. The number of aromatic nitrogens is 2. The molecule has 1 aromatic carbocycles. The van der Waals surface area contributed by atoms with E-state index >= 15 is 0 Å². The van der Waals surface area contributed by atoms with Crippen LogP contribution < -0.4 is 4.74 Å². The first-order valence-electron chi connectivity index (χ1n) is 8.78. The van der Waals surface area contributed by atoms with Crippen molar-refractivity contribution in [1.82, 2.24) is 14.7 Å². The van der Waals surface area contributed by atoms with Gasteiger partial charge in [0.25, 0.3) is 5.91 Å². The van der Waals surface area contributed by atoms with Crippen LogP contribution in [0, 0.1) is 5.92 Å². The molecule has 3 rings (SSSR count). The number of likely N-dealkylation sites (tertiary alicyclic amines) is 1. The number of carboxylic acids is 1. The Hall–Kier alpha value is -2.83. The quantitative estimate of drug-likeness (QED) is 0.859. The van der Waals surface area contributed by atoms with E-state index in [2.05, 4.69) is 5.10 Å². The molecule has 0 saturated carbocycles. The van der Waals surface area contributed by atoms with Gasteiger partial charge in [-0.1, -0.05) is 0 Å². The molecule has 1 amide bonds. The summed E-state index contributed by atoms with van der Waals surface area (Å²) in [4.78, 5) is 25.3. The van der Waals surface area contributed by atoms with Gasteiger partial charge in [0, 0.05) is 25.7 Å². The largest absolute Gasteiger partial charge is 0.497 e. The maximum atomic E-state index is 12.7. The van der Waals surface area contributed by atoms with Gasteiger partial charge in [-0.05, 0) is 55.5 Å². The second kappa shape index (κ2) is 8.03. The Labute approximate surface area is 152 Å². The van der Waals surface area contributed by atoms with E-state index in [1.54, 1.807) is 29.0 Å². The number of piperidine rings is 1. The molecule has 7 nitrogen and oxygen atoms in total. The number of hydrogen-bond donors (Lipinski definition) is 1. The van der Waals surface area contributed by atoms with Crippen LogP contribution >= 0.6 is 0 Å². The summed E-state index contributed by atoms with van der Waals surface area (Å²) >= 11 is 0. The van der Waals surface area contributed by atoms with Crippen LogP contribution in [0.2, 0.25) is 0 Å². The van der Waals surface area contributed by atoms with Crippen LogP contribution in [0.3, 0.4) is 0 Å². The zero-order valence-corrected chi connectivity index (χ0v) is 14.8. The molecular weight excluding hydrogens is 334 g/mol. The standard InChI is InChI=1S/C19H23N3O4/c1-26-16-7-5-15(6-8-16)22-12-10-17(20-22)19(25)21-11-2-3-14(13-21)4-9-18(23)24/h5-8,10,12,14H,2-4,9,11,13H2,1H3,(H,23,24)/t14-/m0/s1. The van der Waals surface area contributed by atoms with Crippen molar-refractivity contribution < 1.29 is 19.4 Å². The summed E-state index contributed by atoms with van der Waals surface area (Å²) in [6.07, 6.45) is 4.39. The molecule has 26 heavy (non-hydrogen) atoms. The van der Waals surface area contributed by atoms with E-state index in [0.29, 0.717) is 25.2 Å². The minimum Gasteiger partial charge on any atom is -0.497 e. The lowest BCUT2D eigenvalue weighted by atomic mass is 9.93. The molecule has 1 aliphatic rings. The minimum atomic E-state index is -0.785. The zero-order chi connectivity index (χ0) is 18.5. The summed E-state index contributed by atoms with van der Waals surface area (Å²) in [5.74, 6) is 0.120. The Bertz CT molecular complexity index is 769. The fourth-order valence-corrected chi connectivity index (χ4v) is 3.29. The maximum Gasteiger partial charge on any atom is 0.303 e. The molecular formula is C19H23N3O4. The summed E-state index contributed by atoms with van der Waals surface area (Å²) in [6, 6.07) is 9.16. The van der Waals surface area contributed by atoms with E-state index in [1.165, 1.54) is 0 Å². The third kappa shape index (κ3) is 4.22. The molecule has 2 heterocycles. The lowest BCUT2D eigenvalue weighted by Crippen LogP contribution is -2.40. The van der Waals surface area contributed by atoms with Gasteiger partial charge in [0.2, 0.25) is 0 Å². The molecule has 7 heteroatoms. The van der Waals surface area contributed by atoms with E-state index in [0.717, 1.165) is 24.3 Å². The third-order valence-corrected chi connectivity index (χ3v) is 4.72. The average Bonchev–Trinajstić information content (AvgIpc) is 3.16. The lowest BCUT2D eigenvalue weighted by Gasteiger charge is -2.32. The monoisotopic (exact) mass is 357 g/mol. The van der Waals surface area contributed by atoms with Gasteiger partial charge in [0.05, 0.1) is 12.8 Å². The summed E-state index contributed by atoms with van der Waals surface area (Å²) in [7, 11) is 1.61. The molecule has 2 aromatic rings. The minimum absolute atomic E-state index is 0.0997. The van der Waals surface area contributed by atoms with Gasteiger partial charge in [0.15, 0.2) is 5.69 Å².